The number of morpholine rings is 1. The molecule has 0 spiro atoms. The van der Waals surface area contributed by atoms with E-state index in [0.29, 0.717) is 0 Å². The SMILES string of the molecule is C=CN1CCOCC1.[SbH3]. The Morgan fingerprint density at radius 2 is 1.89 bits per heavy atom. The van der Waals surface area contributed by atoms with Crippen LogP contribution in [0.4, 0.5) is 0 Å². The fraction of sp³-hybridized carbons (Fsp3) is 0.667. The van der Waals surface area contributed by atoms with Crippen LogP contribution in [0.2, 0.25) is 0 Å². The fourth-order valence-electron chi connectivity index (χ4n) is 0.760. The molecule has 0 unspecified atom stereocenters. The van der Waals surface area contributed by atoms with Gasteiger partial charge in [-0.3, -0.25) is 0 Å². The van der Waals surface area contributed by atoms with Gasteiger partial charge in [-0.15, -0.1) is 0 Å². The van der Waals surface area contributed by atoms with E-state index in [1.807, 2.05) is 6.20 Å². The number of nitrogens with zero attached hydrogens (tertiary/aromatic N) is 1. The zero-order valence-electron chi connectivity index (χ0n) is 5.68. The van der Waals surface area contributed by atoms with Gasteiger partial charge in [-0.2, -0.15) is 0 Å². The van der Waals surface area contributed by atoms with Crippen molar-refractivity contribution in [2.45, 2.75) is 0 Å². The fourth-order valence-corrected chi connectivity index (χ4v) is 0.760. The summed E-state index contributed by atoms with van der Waals surface area (Å²) in [5.74, 6) is 0. The van der Waals surface area contributed by atoms with Gasteiger partial charge in [0.25, 0.3) is 0 Å². The summed E-state index contributed by atoms with van der Waals surface area (Å²) in [4.78, 5) is 2.16. The number of rotatable bonds is 1. The molecule has 0 radical (unpaired) electrons. The Morgan fingerprint density at radius 1 is 1.33 bits per heavy atom. The molecule has 1 aliphatic rings. The normalized spacial score (nSPS) is 18.4. The predicted octanol–water partition coefficient (Wildman–Crippen LogP) is -0.722. The van der Waals surface area contributed by atoms with Crippen LogP contribution in [-0.2, 0) is 4.74 Å². The summed E-state index contributed by atoms with van der Waals surface area (Å²) in [6.07, 6.45) is 1.86. The molecule has 9 heavy (non-hydrogen) atoms. The van der Waals surface area contributed by atoms with Crippen LogP contribution in [0.3, 0.4) is 0 Å². The molecular formula is C6H14NOSb. The molecule has 2 nitrogen and oxygen atoms in total. The van der Waals surface area contributed by atoms with Gasteiger partial charge in [0.05, 0.1) is 13.2 Å². The van der Waals surface area contributed by atoms with Gasteiger partial charge in [-0.25, -0.2) is 0 Å². The van der Waals surface area contributed by atoms with E-state index in [9.17, 15) is 0 Å². The monoisotopic (exact) mass is 237 g/mol. The first kappa shape index (κ1) is 9.32. The van der Waals surface area contributed by atoms with Crippen molar-refractivity contribution in [3.63, 3.8) is 0 Å². The summed E-state index contributed by atoms with van der Waals surface area (Å²) in [7, 11) is 0. The van der Waals surface area contributed by atoms with Gasteiger partial charge in [0.2, 0.25) is 0 Å². The molecule has 0 aliphatic carbocycles. The average molecular weight is 238 g/mol. The summed E-state index contributed by atoms with van der Waals surface area (Å²) in [5.41, 5.74) is 0. The van der Waals surface area contributed by atoms with E-state index in [-0.39, 0.29) is 24.4 Å². The van der Waals surface area contributed by atoms with Gasteiger partial charge in [-0.1, -0.05) is 6.58 Å². The van der Waals surface area contributed by atoms with Crippen LogP contribution in [0.1, 0.15) is 0 Å². The van der Waals surface area contributed by atoms with E-state index >= 15 is 0 Å². The second-order valence-electron chi connectivity index (χ2n) is 1.83. The van der Waals surface area contributed by atoms with Gasteiger partial charge in [-0.05, 0) is 6.20 Å². The van der Waals surface area contributed by atoms with Crippen molar-refractivity contribution in [1.82, 2.24) is 4.90 Å². The minimum absolute atomic E-state index is 0. The van der Waals surface area contributed by atoms with Crippen molar-refractivity contribution >= 4 is 24.4 Å². The van der Waals surface area contributed by atoms with Crippen molar-refractivity contribution in [3.05, 3.63) is 12.8 Å². The van der Waals surface area contributed by atoms with E-state index in [2.05, 4.69) is 11.5 Å². The Hall–Kier alpha value is 0.318. The van der Waals surface area contributed by atoms with Crippen LogP contribution in [0.25, 0.3) is 0 Å². The van der Waals surface area contributed by atoms with E-state index in [0.717, 1.165) is 26.3 Å². The number of hydrogen-bond donors (Lipinski definition) is 0. The van der Waals surface area contributed by atoms with Crippen LogP contribution in [-0.4, -0.2) is 55.6 Å². The molecule has 0 amide bonds. The first-order valence-corrected chi connectivity index (χ1v) is 2.88. The average Bonchev–Trinajstić information content (AvgIpc) is 1.90. The third-order valence-electron chi connectivity index (χ3n) is 1.30. The molecule has 0 atom stereocenters. The molecule has 1 fully saturated rings. The zero-order valence-corrected chi connectivity index (χ0v) is 9.71. The van der Waals surface area contributed by atoms with Crippen LogP contribution in [0, 0.1) is 0 Å². The van der Waals surface area contributed by atoms with Crippen LogP contribution < -0.4 is 0 Å². The quantitative estimate of drug-likeness (QED) is 0.559. The summed E-state index contributed by atoms with van der Waals surface area (Å²) in [6, 6.07) is 0. The maximum atomic E-state index is 5.11. The van der Waals surface area contributed by atoms with E-state index in [1.54, 1.807) is 0 Å². The molecule has 0 aromatic carbocycles. The van der Waals surface area contributed by atoms with Crippen molar-refractivity contribution in [1.29, 1.82) is 0 Å². The second-order valence-corrected chi connectivity index (χ2v) is 1.83. The molecular weight excluding hydrogens is 224 g/mol. The van der Waals surface area contributed by atoms with Crippen molar-refractivity contribution in [2.75, 3.05) is 26.3 Å². The summed E-state index contributed by atoms with van der Waals surface area (Å²) >= 11 is 0. The van der Waals surface area contributed by atoms with Gasteiger partial charge in [0.1, 0.15) is 0 Å². The minimum atomic E-state index is 0. The molecule has 0 N–H and O–H groups in total. The molecule has 54 valence electrons. The molecule has 1 saturated heterocycles. The summed E-state index contributed by atoms with van der Waals surface area (Å²) in [5, 5.41) is 0. The molecule has 0 saturated carbocycles. The maximum absolute atomic E-state index is 5.11. The second kappa shape index (κ2) is 5.13. The Balaban J connectivity index is 0.000000640. The van der Waals surface area contributed by atoms with Gasteiger partial charge in [0.15, 0.2) is 0 Å². The van der Waals surface area contributed by atoms with Crippen molar-refractivity contribution in [2.24, 2.45) is 0 Å². The van der Waals surface area contributed by atoms with Crippen LogP contribution >= 0.6 is 0 Å². The molecule has 1 heterocycles. The third kappa shape index (κ3) is 3.12. The molecule has 0 bridgehead atoms. The number of ether oxygens (including phenoxy) is 1. The molecule has 0 aromatic heterocycles. The Labute approximate surface area is 73.3 Å². The van der Waals surface area contributed by atoms with Gasteiger partial charge >= 0.3 is 24.4 Å². The van der Waals surface area contributed by atoms with E-state index < -0.39 is 0 Å². The first-order valence-electron chi connectivity index (χ1n) is 2.88. The van der Waals surface area contributed by atoms with Gasteiger partial charge in [0, 0.05) is 13.1 Å². The molecule has 0 aromatic rings. The molecule has 1 aliphatic heterocycles. The number of hydrogen-bond acceptors (Lipinski definition) is 2. The van der Waals surface area contributed by atoms with Crippen LogP contribution in [0.5, 0.6) is 0 Å². The van der Waals surface area contributed by atoms with Crippen molar-refractivity contribution < 1.29 is 4.74 Å². The molecule has 1 rings (SSSR count). The topological polar surface area (TPSA) is 12.5 Å². The van der Waals surface area contributed by atoms with E-state index in [1.165, 1.54) is 0 Å². The standard InChI is InChI=1S/C6H11NO.Sb.3H/c1-2-7-3-5-8-6-4-7;;;;/h2H,1,3-6H2;;;;. The van der Waals surface area contributed by atoms with E-state index in [4.69, 9.17) is 4.74 Å². The first-order chi connectivity index (χ1) is 3.93. The Bertz CT molecular complexity index is 81.1. The third-order valence-corrected chi connectivity index (χ3v) is 1.30. The van der Waals surface area contributed by atoms with Gasteiger partial charge < -0.3 is 9.64 Å². The Kier molecular flexibility index (Phi) is 5.31. The Morgan fingerprint density at radius 3 is 2.22 bits per heavy atom. The molecule has 3 heteroatoms. The van der Waals surface area contributed by atoms with Crippen molar-refractivity contribution in [3.8, 4) is 0 Å². The zero-order chi connectivity index (χ0) is 5.82. The summed E-state index contributed by atoms with van der Waals surface area (Å²) in [6.45, 7) is 7.37. The predicted molar refractivity (Wildman–Crippen MR) is 42.5 cm³/mol. The summed E-state index contributed by atoms with van der Waals surface area (Å²) < 4.78 is 5.11. The van der Waals surface area contributed by atoms with Crippen LogP contribution in [0.15, 0.2) is 12.8 Å².